The summed E-state index contributed by atoms with van der Waals surface area (Å²) in [4.78, 5) is 19.4. The summed E-state index contributed by atoms with van der Waals surface area (Å²) in [6.07, 6.45) is 0.723. The highest BCUT2D eigenvalue weighted by Gasteiger charge is 2.11. The lowest BCUT2D eigenvalue weighted by Gasteiger charge is -2.10. The molecule has 0 saturated carbocycles. The minimum Gasteiger partial charge on any atom is -0.437 e. The number of aryl methyl sites for hydroxylation is 2. The second kappa shape index (κ2) is 6.88. The van der Waals surface area contributed by atoms with Crippen molar-refractivity contribution in [1.29, 1.82) is 0 Å². The molecule has 3 rings (SSSR count). The first kappa shape index (κ1) is 16.3. The topological polar surface area (TPSA) is 107 Å². The van der Waals surface area contributed by atoms with Gasteiger partial charge in [-0.2, -0.15) is 14.6 Å². The highest BCUT2D eigenvalue weighted by Crippen LogP contribution is 2.20. The van der Waals surface area contributed by atoms with Crippen LogP contribution in [0.15, 0.2) is 30.5 Å². The number of nitrogens with zero attached hydrogens (tertiary/aromatic N) is 4. The molecule has 8 nitrogen and oxygen atoms in total. The van der Waals surface area contributed by atoms with Crippen molar-refractivity contribution >= 4 is 23.4 Å². The number of aromatic nitrogens is 4. The molecule has 0 bridgehead atoms. The molecule has 0 fully saturated rings. The molecule has 0 aliphatic heterocycles. The third kappa shape index (κ3) is 3.67. The molecule has 2 heterocycles. The smallest absolute Gasteiger partial charge is 0.405 e. The van der Waals surface area contributed by atoms with E-state index in [4.69, 9.17) is 5.73 Å². The number of para-hydroxylation sites is 1. The fraction of sp³-hybridized carbons (Fsp3) is 0.176. The number of nitrogens with two attached hydrogens (primary N) is 1. The lowest BCUT2D eigenvalue weighted by molar-refractivity contribution is 0.171. The van der Waals surface area contributed by atoms with Crippen LogP contribution in [0.5, 0.6) is 0 Å². The SMILES string of the molecule is Cc1nc(Nc2ccccc2C)n2ncc(C#CCOC(N)=O)c2n1. The van der Waals surface area contributed by atoms with E-state index in [1.54, 1.807) is 17.6 Å². The maximum atomic E-state index is 10.6. The number of primary amides is 1. The van der Waals surface area contributed by atoms with E-state index in [0.29, 0.717) is 23.0 Å². The first-order valence-corrected chi connectivity index (χ1v) is 7.51. The minimum atomic E-state index is -0.864. The van der Waals surface area contributed by atoms with Crippen molar-refractivity contribution in [2.24, 2.45) is 5.73 Å². The molecule has 126 valence electrons. The van der Waals surface area contributed by atoms with Crippen LogP contribution in [0, 0.1) is 25.7 Å². The number of amides is 1. The van der Waals surface area contributed by atoms with Gasteiger partial charge in [0.1, 0.15) is 5.82 Å². The van der Waals surface area contributed by atoms with Crippen LogP contribution in [-0.4, -0.2) is 32.3 Å². The predicted molar refractivity (Wildman–Crippen MR) is 92.4 cm³/mol. The molecule has 0 unspecified atom stereocenters. The maximum Gasteiger partial charge on any atom is 0.405 e. The highest BCUT2D eigenvalue weighted by atomic mass is 16.5. The second-order valence-electron chi connectivity index (χ2n) is 5.24. The van der Waals surface area contributed by atoms with Crippen molar-refractivity contribution in [3.63, 3.8) is 0 Å². The quantitative estimate of drug-likeness (QED) is 0.708. The van der Waals surface area contributed by atoms with Gasteiger partial charge in [0.15, 0.2) is 12.3 Å². The Kier molecular flexibility index (Phi) is 4.48. The number of fused-ring (bicyclic) bond motifs is 1. The molecule has 0 aliphatic carbocycles. The molecule has 1 amide bonds. The lowest BCUT2D eigenvalue weighted by atomic mass is 10.2. The summed E-state index contributed by atoms with van der Waals surface area (Å²) in [5, 5.41) is 7.56. The monoisotopic (exact) mass is 336 g/mol. The van der Waals surface area contributed by atoms with E-state index in [9.17, 15) is 4.79 Å². The average molecular weight is 336 g/mol. The van der Waals surface area contributed by atoms with Crippen molar-refractivity contribution in [3.8, 4) is 11.8 Å². The van der Waals surface area contributed by atoms with Crippen LogP contribution in [-0.2, 0) is 4.74 Å². The van der Waals surface area contributed by atoms with Gasteiger partial charge in [-0.05, 0) is 25.5 Å². The highest BCUT2D eigenvalue weighted by molar-refractivity contribution is 5.65. The minimum absolute atomic E-state index is 0.0922. The molecule has 0 radical (unpaired) electrons. The van der Waals surface area contributed by atoms with Crippen molar-refractivity contribution in [1.82, 2.24) is 19.6 Å². The Labute approximate surface area is 144 Å². The van der Waals surface area contributed by atoms with Gasteiger partial charge in [0.2, 0.25) is 5.95 Å². The molecule has 1 aromatic carbocycles. The molecule has 0 saturated heterocycles. The number of benzene rings is 1. The van der Waals surface area contributed by atoms with E-state index in [1.807, 2.05) is 31.2 Å². The largest absolute Gasteiger partial charge is 0.437 e. The summed E-state index contributed by atoms with van der Waals surface area (Å²) >= 11 is 0. The molecule has 0 atom stereocenters. The summed E-state index contributed by atoms with van der Waals surface area (Å²) in [5.74, 6) is 6.69. The van der Waals surface area contributed by atoms with E-state index in [-0.39, 0.29) is 6.61 Å². The fourth-order valence-corrected chi connectivity index (χ4v) is 2.22. The molecular formula is C17H16N6O2. The van der Waals surface area contributed by atoms with E-state index >= 15 is 0 Å². The third-order valence-electron chi connectivity index (χ3n) is 3.38. The number of hydrogen-bond acceptors (Lipinski definition) is 6. The normalized spacial score (nSPS) is 10.2. The molecule has 2 aromatic heterocycles. The van der Waals surface area contributed by atoms with Crippen LogP contribution in [0.2, 0.25) is 0 Å². The molecule has 3 N–H and O–H groups in total. The van der Waals surface area contributed by atoms with Crippen molar-refractivity contribution in [2.45, 2.75) is 13.8 Å². The first-order chi connectivity index (χ1) is 12.0. The van der Waals surface area contributed by atoms with Crippen LogP contribution in [0.4, 0.5) is 16.4 Å². The van der Waals surface area contributed by atoms with Gasteiger partial charge in [-0.25, -0.2) is 9.78 Å². The van der Waals surface area contributed by atoms with Crippen molar-refractivity contribution < 1.29 is 9.53 Å². The summed E-state index contributed by atoms with van der Waals surface area (Å²) in [6.45, 7) is 3.71. The van der Waals surface area contributed by atoms with Crippen LogP contribution >= 0.6 is 0 Å². The fourth-order valence-electron chi connectivity index (χ4n) is 2.22. The number of carbonyl (C=O) groups excluding carboxylic acids is 1. The van der Waals surface area contributed by atoms with Gasteiger partial charge in [-0.15, -0.1) is 0 Å². The summed E-state index contributed by atoms with van der Waals surface area (Å²) in [5.41, 5.74) is 8.08. The molecule has 0 aliphatic rings. The van der Waals surface area contributed by atoms with Crippen LogP contribution in [0.3, 0.4) is 0 Å². The summed E-state index contributed by atoms with van der Waals surface area (Å²) in [7, 11) is 0. The Hall–Kier alpha value is -3.60. The standard InChI is InChI=1S/C17H16N6O2/c1-11-6-3-4-8-14(11)22-17-21-12(2)20-15-13(10-19-23(15)17)7-5-9-25-16(18)24/h3-4,6,8,10H,9H2,1-2H3,(H2,18,24)(H,20,21,22). The summed E-state index contributed by atoms with van der Waals surface area (Å²) in [6, 6.07) is 7.88. The number of nitrogens with one attached hydrogen (secondary N) is 1. The molecule has 25 heavy (non-hydrogen) atoms. The number of ether oxygens (including phenoxy) is 1. The zero-order chi connectivity index (χ0) is 17.8. The maximum absolute atomic E-state index is 10.6. The molecule has 0 spiro atoms. The Morgan fingerprint density at radius 1 is 1.32 bits per heavy atom. The number of anilines is 2. The Morgan fingerprint density at radius 2 is 2.12 bits per heavy atom. The average Bonchev–Trinajstić information content (AvgIpc) is 2.96. The number of hydrogen-bond donors (Lipinski definition) is 2. The first-order valence-electron chi connectivity index (χ1n) is 7.51. The van der Waals surface area contributed by atoms with Gasteiger partial charge >= 0.3 is 6.09 Å². The van der Waals surface area contributed by atoms with Crippen LogP contribution < -0.4 is 11.1 Å². The van der Waals surface area contributed by atoms with Gasteiger partial charge in [0, 0.05) is 5.69 Å². The van der Waals surface area contributed by atoms with Crippen molar-refractivity contribution in [2.75, 3.05) is 11.9 Å². The number of carbonyl (C=O) groups is 1. The van der Waals surface area contributed by atoms with Gasteiger partial charge in [-0.3, -0.25) is 0 Å². The third-order valence-corrected chi connectivity index (χ3v) is 3.38. The zero-order valence-electron chi connectivity index (χ0n) is 13.8. The van der Waals surface area contributed by atoms with E-state index in [2.05, 4.69) is 37.0 Å². The Balaban J connectivity index is 1.96. The van der Waals surface area contributed by atoms with Gasteiger partial charge in [-0.1, -0.05) is 30.0 Å². The van der Waals surface area contributed by atoms with E-state index < -0.39 is 6.09 Å². The second-order valence-corrected chi connectivity index (χ2v) is 5.24. The van der Waals surface area contributed by atoms with Crippen molar-refractivity contribution in [3.05, 3.63) is 47.4 Å². The van der Waals surface area contributed by atoms with Crippen LogP contribution in [0.1, 0.15) is 17.0 Å². The summed E-state index contributed by atoms with van der Waals surface area (Å²) < 4.78 is 6.17. The van der Waals surface area contributed by atoms with E-state index in [1.165, 1.54) is 0 Å². The van der Waals surface area contributed by atoms with Crippen LogP contribution in [0.25, 0.3) is 5.65 Å². The Bertz CT molecular complexity index is 999. The van der Waals surface area contributed by atoms with E-state index in [0.717, 1.165) is 11.3 Å². The Morgan fingerprint density at radius 3 is 2.88 bits per heavy atom. The molecule has 3 aromatic rings. The molecular weight excluding hydrogens is 320 g/mol. The van der Waals surface area contributed by atoms with Gasteiger partial charge in [0.05, 0.1) is 11.8 Å². The lowest BCUT2D eigenvalue weighted by Crippen LogP contribution is -2.12. The van der Waals surface area contributed by atoms with Gasteiger partial charge in [0.25, 0.3) is 0 Å². The number of rotatable bonds is 3. The molecule has 8 heteroatoms. The zero-order valence-corrected chi connectivity index (χ0v) is 13.8. The predicted octanol–water partition coefficient (Wildman–Crippen LogP) is 1.93. The van der Waals surface area contributed by atoms with Gasteiger partial charge < -0.3 is 15.8 Å².